The molecule has 0 unspecified atom stereocenters. The van der Waals surface area contributed by atoms with Crippen LogP contribution in [0.25, 0.3) is 0 Å². The maximum absolute atomic E-state index is 12.8. The summed E-state index contributed by atoms with van der Waals surface area (Å²) in [6, 6.07) is 5.20. The van der Waals surface area contributed by atoms with Crippen molar-refractivity contribution < 1.29 is 28.5 Å². The monoisotopic (exact) mass is 364 g/mol. The van der Waals surface area contributed by atoms with E-state index >= 15 is 0 Å². The third-order valence-corrected chi connectivity index (χ3v) is 4.41. The second-order valence-corrected chi connectivity index (χ2v) is 6.14. The highest BCUT2D eigenvalue weighted by atomic mass is 16.7. The third-order valence-electron chi connectivity index (χ3n) is 4.41. The van der Waals surface area contributed by atoms with E-state index in [0.29, 0.717) is 56.5 Å². The maximum atomic E-state index is 12.8. The Hall–Kier alpha value is -2.32. The fourth-order valence-electron chi connectivity index (χ4n) is 2.98. The molecule has 1 saturated heterocycles. The first kappa shape index (κ1) is 18.5. The van der Waals surface area contributed by atoms with Crippen LogP contribution in [0.4, 0.5) is 0 Å². The summed E-state index contributed by atoms with van der Waals surface area (Å²) in [6.07, 6.45) is 0.736. The Labute approximate surface area is 152 Å². The summed E-state index contributed by atoms with van der Waals surface area (Å²) < 4.78 is 20.8. The summed E-state index contributed by atoms with van der Waals surface area (Å²) in [5, 5.41) is 0. The zero-order valence-corrected chi connectivity index (χ0v) is 14.9. The van der Waals surface area contributed by atoms with Gasteiger partial charge in [-0.25, -0.2) is 0 Å². The fraction of sp³-hybridized carbons (Fsp3) is 0.556. The Morgan fingerprint density at radius 2 is 1.81 bits per heavy atom. The Balaban J connectivity index is 1.53. The lowest BCUT2D eigenvalue weighted by molar-refractivity contribution is -0.136. The number of carbonyl (C=O) groups is 2. The molecule has 2 aliphatic heterocycles. The van der Waals surface area contributed by atoms with Gasteiger partial charge in [0.05, 0.1) is 13.2 Å². The molecule has 1 fully saturated rings. The van der Waals surface area contributed by atoms with E-state index in [1.807, 2.05) is 0 Å². The minimum atomic E-state index is -0.0612. The van der Waals surface area contributed by atoms with E-state index in [9.17, 15) is 9.59 Å². The van der Waals surface area contributed by atoms with Gasteiger partial charge in [0.2, 0.25) is 12.7 Å². The van der Waals surface area contributed by atoms with Gasteiger partial charge in [0.15, 0.2) is 11.5 Å². The summed E-state index contributed by atoms with van der Waals surface area (Å²) in [4.78, 5) is 28.5. The summed E-state index contributed by atoms with van der Waals surface area (Å²) in [7, 11) is 1.59. The van der Waals surface area contributed by atoms with E-state index in [1.165, 1.54) is 0 Å². The Morgan fingerprint density at radius 3 is 2.65 bits per heavy atom. The van der Waals surface area contributed by atoms with Gasteiger partial charge >= 0.3 is 0 Å². The Kier molecular flexibility index (Phi) is 6.30. The lowest BCUT2D eigenvalue weighted by Crippen LogP contribution is -2.39. The topological polar surface area (TPSA) is 77.5 Å². The van der Waals surface area contributed by atoms with Gasteiger partial charge in [-0.2, -0.15) is 0 Å². The Morgan fingerprint density at radius 1 is 1.04 bits per heavy atom. The average molecular weight is 364 g/mol. The maximum Gasteiger partial charge on any atom is 0.254 e. The molecule has 0 atom stereocenters. The smallest absolute Gasteiger partial charge is 0.254 e. The third kappa shape index (κ3) is 4.44. The zero-order chi connectivity index (χ0) is 18.4. The quantitative estimate of drug-likeness (QED) is 0.694. The number of nitrogens with zero attached hydrogens (tertiary/aromatic N) is 2. The van der Waals surface area contributed by atoms with Crippen molar-refractivity contribution in [3.63, 3.8) is 0 Å². The number of ether oxygens (including phenoxy) is 4. The minimum Gasteiger partial charge on any atom is -0.454 e. The van der Waals surface area contributed by atoms with Gasteiger partial charge in [0, 0.05) is 38.9 Å². The molecule has 3 rings (SSSR count). The van der Waals surface area contributed by atoms with Crippen LogP contribution >= 0.6 is 0 Å². The normalized spacial score (nSPS) is 16.5. The van der Waals surface area contributed by atoms with E-state index in [0.717, 1.165) is 6.42 Å². The molecule has 2 amide bonds. The van der Waals surface area contributed by atoms with E-state index in [-0.39, 0.29) is 25.2 Å². The van der Waals surface area contributed by atoms with Crippen LogP contribution in [-0.2, 0) is 14.3 Å². The second-order valence-electron chi connectivity index (χ2n) is 6.14. The van der Waals surface area contributed by atoms with Crippen molar-refractivity contribution in [3.05, 3.63) is 23.8 Å². The molecule has 2 heterocycles. The molecule has 0 bridgehead atoms. The molecule has 8 nitrogen and oxygen atoms in total. The fourth-order valence-corrected chi connectivity index (χ4v) is 2.98. The molecule has 0 N–H and O–H groups in total. The van der Waals surface area contributed by atoms with Crippen molar-refractivity contribution in [3.8, 4) is 11.5 Å². The molecule has 0 spiro atoms. The molecular weight excluding hydrogens is 340 g/mol. The van der Waals surface area contributed by atoms with Gasteiger partial charge in [0.1, 0.15) is 6.61 Å². The summed E-state index contributed by atoms with van der Waals surface area (Å²) >= 11 is 0. The first-order valence-corrected chi connectivity index (χ1v) is 8.72. The second kappa shape index (κ2) is 8.86. The van der Waals surface area contributed by atoms with Crippen molar-refractivity contribution in [2.45, 2.75) is 6.42 Å². The molecular formula is C18H24N2O6. The zero-order valence-electron chi connectivity index (χ0n) is 14.9. The van der Waals surface area contributed by atoms with Crippen molar-refractivity contribution in [2.24, 2.45) is 0 Å². The predicted octanol–water partition coefficient (Wildman–Crippen LogP) is 0.753. The highest BCUT2D eigenvalue weighted by molar-refractivity contribution is 5.95. The van der Waals surface area contributed by atoms with Crippen LogP contribution in [0.15, 0.2) is 18.2 Å². The van der Waals surface area contributed by atoms with Crippen LogP contribution in [0.1, 0.15) is 16.8 Å². The largest absolute Gasteiger partial charge is 0.454 e. The van der Waals surface area contributed by atoms with Crippen LogP contribution < -0.4 is 9.47 Å². The molecule has 0 radical (unpaired) electrons. The number of rotatable bonds is 6. The van der Waals surface area contributed by atoms with E-state index < -0.39 is 0 Å². The van der Waals surface area contributed by atoms with Crippen molar-refractivity contribution in [1.82, 2.24) is 9.80 Å². The van der Waals surface area contributed by atoms with Gasteiger partial charge in [-0.15, -0.1) is 0 Å². The number of amides is 2. The van der Waals surface area contributed by atoms with Gasteiger partial charge < -0.3 is 28.7 Å². The van der Waals surface area contributed by atoms with Gasteiger partial charge in [0.25, 0.3) is 5.91 Å². The number of hydrogen-bond acceptors (Lipinski definition) is 6. The molecule has 0 aromatic heterocycles. The number of benzene rings is 1. The van der Waals surface area contributed by atoms with Gasteiger partial charge in [-0.1, -0.05) is 0 Å². The molecule has 1 aromatic carbocycles. The highest BCUT2D eigenvalue weighted by Crippen LogP contribution is 2.32. The molecule has 26 heavy (non-hydrogen) atoms. The lowest BCUT2D eigenvalue weighted by Gasteiger charge is -2.22. The van der Waals surface area contributed by atoms with Crippen molar-refractivity contribution in [1.29, 1.82) is 0 Å². The van der Waals surface area contributed by atoms with Crippen molar-refractivity contribution >= 4 is 11.8 Å². The molecule has 8 heteroatoms. The van der Waals surface area contributed by atoms with Crippen LogP contribution in [-0.4, -0.2) is 81.5 Å². The standard InChI is InChI=1S/C18H24N2O6/c1-23-9-10-24-12-17(21)19-5-2-6-20(8-7-19)18(22)14-3-4-15-16(11-14)26-13-25-15/h3-4,11H,2,5-10,12-13H2,1H3. The first-order valence-electron chi connectivity index (χ1n) is 8.72. The molecule has 2 aliphatic rings. The molecule has 1 aromatic rings. The SMILES string of the molecule is COCCOCC(=O)N1CCCN(C(=O)c2ccc3c(c2)OCO3)CC1. The highest BCUT2D eigenvalue weighted by Gasteiger charge is 2.24. The summed E-state index contributed by atoms with van der Waals surface area (Å²) in [5.41, 5.74) is 0.567. The summed E-state index contributed by atoms with van der Waals surface area (Å²) in [5.74, 6) is 1.13. The molecule has 0 saturated carbocycles. The number of fused-ring (bicyclic) bond motifs is 1. The predicted molar refractivity (Wildman–Crippen MR) is 92.4 cm³/mol. The molecule has 0 aliphatic carbocycles. The van der Waals surface area contributed by atoms with Crippen LogP contribution in [0.5, 0.6) is 11.5 Å². The lowest BCUT2D eigenvalue weighted by atomic mass is 10.1. The van der Waals surface area contributed by atoms with Crippen LogP contribution in [0, 0.1) is 0 Å². The van der Waals surface area contributed by atoms with Crippen molar-refractivity contribution in [2.75, 3.05) is 59.9 Å². The minimum absolute atomic E-state index is 0.0411. The number of hydrogen-bond donors (Lipinski definition) is 0. The Bertz CT molecular complexity index is 651. The van der Waals surface area contributed by atoms with Crippen LogP contribution in [0.3, 0.4) is 0 Å². The van der Waals surface area contributed by atoms with E-state index in [1.54, 1.807) is 35.1 Å². The van der Waals surface area contributed by atoms with Gasteiger partial charge in [-0.3, -0.25) is 9.59 Å². The average Bonchev–Trinajstić information content (AvgIpc) is 2.99. The van der Waals surface area contributed by atoms with Gasteiger partial charge in [-0.05, 0) is 24.6 Å². The first-order chi connectivity index (χ1) is 12.7. The number of methoxy groups -OCH3 is 1. The summed E-state index contributed by atoms with van der Waals surface area (Å²) in [6.45, 7) is 3.31. The molecule has 142 valence electrons. The number of carbonyl (C=O) groups excluding carboxylic acids is 2. The van der Waals surface area contributed by atoms with Crippen LogP contribution in [0.2, 0.25) is 0 Å². The van der Waals surface area contributed by atoms with E-state index in [4.69, 9.17) is 18.9 Å². The van der Waals surface area contributed by atoms with E-state index in [2.05, 4.69) is 0 Å².